The summed E-state index contributed by atoms with van der Waals surface area (Å²) in [6.45, 7) is 6.05. The fourth-order valence-corrected chi connectivity index (χ4v) is 3.39. The van der Waals surface area contributed by atoms with Crippen molar-refractivity contribution in [1.29, 1.82) is 0 Å². The van der Waals surface area contributed by atoms with Crippen molar-refractivity contribution in [3.05, 3.63) is 49.4 Å². The molecule has 1 unspecified atom stereocenters. The molecule has 1 atom stereocenters. The molecular formula is C14H14Cl2N2OS. The maximum atomic E-state index is 12.2. The largest absolute Gasteiger partial charge is 0.345 e. The highest BCUT2D eigenvalue weighted by Crippen LogP contribution is 2.27. The molecule has 2 aromatic heterocycles. The van der Waals surface area contributed by atoms with Crippen LogP contribution in [0.5, 0.6) is 0 Å². The molecule has 0 saturated heterocycles. The van der Waals surface area contributed by atoms with E-state index in [2.05, 4.69) is 23.3 Å². The normalized spacial score (nSPS) is 12.2. The summed E-state index contributed by atoms with van der Waals surface area (Å²) in [5.74, 6) is -0.255. The lowest BCUT2D eigenvalue weighted by atomic mass is 10.1. The van der Waals surface area contributed by atoms with Crippen LogP contribution in [0, 0.1) is 13.8 Å². The van der Waals surface area contributed by atoms with E-state index in [1.54, 1.807) is 11.3 Å². The Bertz CT molecular complexity index is 655. The van der Waals surface area contributed by atoms with E-state index in [1.807, 2.05) is 13.8 Å². The van der Waals surface area contributed by atoms with Crippen LogP contribution >= 0.6 is 34.5 Å². The van der Waals surface area contributed by atoms with Gasteiger partial charge in [-0.2, -0.15) is 0 Å². The van der Waals surface area contributed by atoms with Gasteiger partial charge in [0.2, 0.25) is 0 Å². The summed E-state index contributed by atoms with van der Waals surface area (Å²) in [7, 11) is 0. The molecular weight excluding hydrogens is 315 g/mol. The van der Waals surface area contributed by atoms with Gasteiger partial charge in [-0.1, -0.05) is 23.2 Å². The van der Waals surface area contributed by atoms with Crippen LogP contribution in [0.25, 0.3) is 0 Å². The monoisotopic (exact) mass is 328 g/mol. The smallest absolute Gasteiger partial charge is 0.253 e. The van der Waals surface area contributed by atoms with Gasteiger partial charge >= 0.3 is 0 Å². The lowest BCUT2D eigenvalue weighted by Gasteiger charge is -2.14. The molecule has 6 heteroatoms. The lowest BCUT2D eigenvalue weighted by Crippen LogP contribution is -2.27. The molecule has 3 nitrogen and oxygen atoms in total. The third-order valence-corrected chi connectivity index (χ3v) is 4.45. The van der Waals surface area contributed by atoms with Crippen molar-refractivity contribution in [3.8, 4) is 0 Å². The molecule has 0 spiro atoms. The van der Waals surface area contributed by atoms with Crippen LogP contribution < -0.4 is 5.32 Å². The van der Waals surface area contributed by atoms with Gasteiger partial charge in [-0.15, -0.1) is 11.3 Å². The molecule has 0 aliphatic rings. The topological polar surface area (TPSA) is 42.0 Å². The van der Waals surface area contributed by atoms with E-state index in [0.717, 1.165) is 5.56 Å². The molecule has 2 heterocycles. The van der Waals surface area contributed by atoms with Gasteiger partial charge in [-0.3, -0.25) is 4.79 Å². The minimum absolute atomic E-state index is 0.0875. The number of carbonyl (C=O) groups excluding carboxylic acids is 1. The molecule has 0 fully saturated rings. The fraction of sp³-hybridized carbons (Fsp3) is 0.286. The summed E-state index contributed by atoms with van der Waals surface area (Å²) in [5, 5.41) is 3.47. The van der Waals surface area contributed by atoms with Gasteiger partial charge in [0.15, 0.2) is 0 Å². The lowest BCUT2D eigenvalue weighted by molar-refractivity contribution is 0.0940. The molecule has 0 bridgehead atoms. The number of rotatable bonds is 3. The summed E-state index contributed by atoms with van der Waals surface area (Å²) >= 11 is 13.5. The van der Waals surface area contributed by atoms with Crippen molar-refractivity contribution in [2.24, 2.45) is 0 Å². The van der Waals surface area contributed by atoms with E-state index in [0.29, 0.717) is 5.56 Å². The third-order valence-electron chi connectivity index (χ3n) is 2.96. The third kappa shape index (κ3) is 3.32. The minimum atomic E-state index is -0.255. The summed E-state index contributed by atoms with van der Waals surface area (Å²) in [6.07, 6.45) is 1.38. The Balaban J connectivity index is 2.19. The molecule has 2 rings (SSSR count). The molecule has 0 aliphatic heterocycles. The highest BCUT2D eigenvalue weighted by atomic mass is 35.5. The Kier molecular flexibility index (Phi) is 4.68. The number of nitrogens with zero attached hydrogens (tertiary/aromatic N) is 1. The standard InChI is InChI=1S/C14H14Cl2N2OS/c1-7-4-10(9(3)20-7)8(2)18-14(19)11-5-13(16)17-6-12(11)15/h4-6,8H,1-3H3,(H,18,19). The van der Waals surface area contributed by atoms with Crippen LogP contribution in [0.1, 0.15) is 38.6 Å². The number of nitrogens with one attached hydrogen (secondary N) is 1. The second kappa shape index (κ2) is 6.12. The van der Waals surface area contributed by atoms with Gasteiger partial charge < -0.3 is 5.32 Å². The van der Waals surface area contributed by atoms with Gasteiger partial charge in [0, 0.05) is 16.0 Å². The Morgan fingerprint density at radius 2 is 2.05 bits per heavy atom. The van der Waals surface area contributed by atoms with Crippen molar-refractivity contribution in [3.63, 3.8) is 0 Å². The van der Waals surface area contributed by atoms with E-state index < -0.39 is 0 Å². The van der Waals surface area contributed by atoms with Crippen molar-refractivity contribution >= 4 is 40.4 Å². The van der Waals surface area contributed by atoms with Crippen molar-refractivity contribution < 1.29 is 4.79 Å². The number of carbonyl (C=O) groups is 1. The highest BCUT2D eigenvalue weighted by Gasteiger charge is 2.17. The Hall–Kier alpha value is -1.10. The van der Waals surface area contributed by atoms with Crippen LogP contribution in [-0.2, 0) is 0 Å². The SMILES string of the molecule is Cc1cc(C(C)NC(=O)c2cc(Cl)ncc2Cl)c(C)s1. The average Bonchev–Trinajstić information content (AvgIpc) is 2.71. The second-order valence-corrected chi connectivity index (χ2v) is 6.81. The van der Waals surface area contributed by atoms with E-state index in [4.69, 9.17) is 23.2 Å². The Labute approximate surface area is 131 Å². The molecule has 0 aromatic carbocycles. The van der Waals surface area contributed by atoms with Crippen molar-refractivity contribution in [1.82, 2.24) is 10.3 Å². The zero-order valence-electron chi connectivity index (χ0n) is 11.3. The summed E-state index contributed by atoms with van der Waals surface area (Å²) in [6, 6.07) is 3.47. The van der Waals surface area contributed by atoms with Gasteiger partial charge in [-0.25, -0.2) is 4.98 Å². The number of halogens is 2. The molecule has 1 N–H and O–H groups in total. The van der Waals surface area contributed by atoms with Crippen LogP contribution in [0.3, 0.4) is 0 Å². The first-order valence-electron chi connectivity index (χ1n) is 6.07. The van der Waals surface area contributed by atoms with Gasteiger partial charge in [-0.05, 0) is 38.5 Å². The minimum Gasteiger partial charge on any atom is -0.345 e. The Morgan fingerprint density at radius 1 is 1.35 bits per heavy atom. The van der Waals surface area contributed by atoms with Gasteiger partial charge in [0.05, 0.1) is 16.6 Å². The number of aromatic nitrogens is 1. The van der Waals surface area contributed by atoms with Crippen molar-refractivity contribution in [2.75, 3.05) is 0 Å². The van der Waals surface area contributed by atoms with Gasteiger partial charge in [0.1, 0.15) is 5.15 Å². The summed E-state index contributed by atoms with van der Waals surface area (Å²) in [4.78, 5) is 18.5. The van der Waals surface area contributed by atoms with E-state index in [1.165, 1.54) is 22.0 Å². The molecule has 2 aromatic rings. The maximum Gasteiger partial charge on any atom is 0.253 e. The highest BCUT2D eigenvalue weighted by molar-refractivity contribution is 7.12. The zero-order chi connectivity index (χ0) is 14.9. The molecule has 0 saturated carbocycles. The molecule has 0 aliphatic carbocycles. The first-order chi connectivity index (χ1) is 9.38. The maximum absolute atomic E-state index is 12.2. The number of thiophene rings is 1. The van der Waals surface area contributed by atoms with Crippen LogP contribution in [0.15, 0.2) is 18.3 Å². The molecule has 0 radical (unpaired) electrons. The van der Waals surface area contributed by atoms with Gasteiger partial charge in [0.25, 0.3) is 5.91 Å². The summed E-state index contributed by atoms with van der Waals surface area (Å²) in [5.41, 5.74) is 1.46. The van der Waals surface area contributed by atoms with E-state index in [-0.39, 0.29) is 22.1 Å². The van der Waals surface area contributed by atoms with E-state index >= 15 is 0 Å². The number of hydrogen-bond acceptors (Lipinski definition) is 3. The van der Waals surface area contributed by atoms with Crippen molar-refractivity contribution in [2.45, 2.75) is 26.8 Å². The summed E-state index contributed by atoms with van der Waals surface area (Å²) < 4.78 is 0. The number of pyridine rings is 1. The number of hydrogen-bond donors (Lipinski definition) is 1. The average molecular weight is 329 g/mol. The number of aryl methyl sites for hydroxylation is 2. The quantitative estimate of drug-likeness (QED) is 0.839. The van der Waals surface area contributed by atoms with Crippen LogP contribution in [0.4, 0.5) is 0 Å². The molecule has 20 heavy (non-hydrogen) atoms. The second-order valence-electron chi connectivity index (χ2n) is 4.55. The van der Waals surface area contributed by atoms with Crippen LogP contribution in [0.2, 0.25) is 10.2 Å². The number of amides is 1. The molecule has 106 valence electrons. The molecule has 1 amide bonds. The first-order valence-corrected chi connectivity index (χ1v) is 7.64. The zero-order valence-corrected chi connectivity index (χ0v) is 13.7. The first kappa shape index (κ1) is 15.3. The Morgan fingerprint density at radius 3 is 2.65 bits per heavy atom. The van der Waals surface area contributed by atoms with Crippen LogP contribution in [-0.4, -0.2) is 10.9 Å². The predicted molar refractivity (Wildman–Crippen MR) is 83.9 cm³/mol. The predicted octanol–water partition coefficient (Wildman–Crippen LogP) is 4.56. The fourth-order valence-electron chi connectivity index (χ4n) is 2.02. The van der Waals surface area contributed by atoms with E-state index in [9.17, 15) is 4.79 Å².